The van der Waals surface area contributed by atoms with Gasteiger partial charge in [-0.3, -0.25) is 0 Å². The van der Waals surface area contributed by atoms with Gasteiger partial charge in [-0.15, -0.1) is 16.3 Å². The number of amidine groups is 1. The van der Waals surface area contributed by atoms with Crippen LogP contribution in [0, 0.1) is 11.5 Å². The monoisotopic (exact) mass is 257 g/mol. The quantitative estimate of drug-likeness (QED) is 0.765. The highest BCUT2D eigenvalue weighted by Gasteiger charge is 2.19. The minimum Gasteiger partial charge on any atom is -0.345 e. The third-order valence-corrected chi connectivity index (χ3v) is 4.19. The number of nitrogens with zero attached hydrogens (tertiary/aromatic N) is 3. The van der Waals surface area contributed by atoms with E-state index in [9.17, 15) is 0 Å². The number of rotatable bonds is 2. The second-order valence-corrected chi connectivity index (χ2v) is 5.83. The largest absolute Gasteiger partial charge is 0.345 e. The van der Waals surface area contributed by atoms with E-state index in [1.807, 2.05) is 18.3 Å². The molecular weight excluding hydrogens is 250 g/mol. The van der Waals surface area contributed by atoms with Crippen molar-refractivity contribution in [3.8, 4) is 6.19 Å². The van der Waals surface area contributed by atoms with Gasteiger partial charge in [0, 0.05) is 17.2 Å². The van der Waals surface area contributed by atoms with Crippen LogP contribution in [-0.2, 0) is 6.54 Å². The lowest BCUT2D eigenvalue weighted by Gasteiger charge is -2.15. The Balaban J connectivity index is 2.06. The Hall–Kier alpha value is -0.700. The maximum atomic E-state index is 8.52. The van der Waals surface area contributed by atoms with Gasteiger partial charge in [-0.05, 0) is 12.1 Å². The first-order valence-electron chi connectivity index (χ1n) is 4.38. The Kier molecular flexibility index (Phi) is 3.52. The second-order valence-electron chi connectivity index (χ2n) is 2.97. The molecule has 0 amide bonds. The molecule has 2 rings (SSSR count). The van der Waals surface area contributed by atoms with Gasteiger partial charge in [0.2, 0.25) is 6.19 Å². The molecule has 2 heterocycles. The average molecular weight is 258 g/mol. The van der Waals surface area contributed by atoms with Crippen molar-refractivity contribution < 1.29 is 0 Å². The molecule has 6 heteroatoms. The van der Waals surface area contributed by atoms with Gasteiger partial charge in [-0.2, -0.15) is 5.26 Å². The molecule has 0 atom stereocenters. The molecule has 3 nitrogen and oxygen atoms in total. The maximum Gasteiger partial charge on any atom is 0.208 e. The van der Waals surface area contributed by atoms with Crippen molar-refractivity contribution >= 4 is 39.9 Å². The molecule has 1 aromatic rings. The molecular formula is C9H8ClN3S2. The Bertz CT molecular complexity index is 421. The minimum atomic E-state index is 0.797. The van der Waals surface area contributed by atoms with Gasteiger partial charge < -0.3 is 4.90 Å². The highest BCUT2D eigenvalue weighted by atomic mass is 35.5. The molecule has 0 unspecified atom stereocenters. The molecule has 0 radical (unpaired) electrons. The van der Waals surface area contributed by atoms with E-state index in [1.165, 1.54) is 4.88 Å². The van der Waals surface area contributed by atoms with Gasteiger partial charge in [-0.1, -0.05) is 23.4 Å². The van der Waals surface area contributed by atoms with E-state index in [-0.39, 0.29) is 0 Å². The van der Waals surface area contributed by atoms with Crippen LogP contribution in [0.1, 0.15) is 4.88 Å². The van der Waals surface area contributed by atoms with Crippen molar-refractivity contribution in [3.63, 3.8) is 0 Å². The van der Waals surface area contributed by atoms with Crippen molar-refractivity contribution in [2.45, 2.75) is 6.54 Å². The van der Waals surface area contributed by atoms with Crippen molar-refractivity contribution in [1.82, 2.24) is 4.90 Å². The summed E-state index contributed by atoms with van der Waals surface area (Å²) in [6.45, 7) is 1.74. The lowest BCUT2D eigenvalue weighted by Crippen LogP contribution is -2.23. The van der Waals surface area contributed by atoms with Crippen LogP contribution >= 0.6 is 34.7 Å². The SMILES string of the molecule is N#C/N=C1\SCCN1Cc1ccc(Cl)s1. The molecule has 15 heavy (non-hydrogen) atoms. The number of aliphatic imine (C=N–C) groups is 1. The van der Waals surface area contributed by atoms with E-state index in [4.69, 9.17) is 16.9 Å². The van der Waals surface area contributed by atoms with Gasteiger partial charge in [0.25, 0.3) is 0 Å². The van der Waals surface area contributed by atoms with Crippen LogP contribution in [-0.4, -0.2) is 22.4 Å². The predicted octanol–water partition coefficient (Wildman–Crippen LogP) is 2.79. The second kappa shape index (κ2) is 4.88. The van der Waals surface area contributed by atoms with E-state index in [0.29, 0.717) is 0 Å². The van der Waals surface area contributed by atoms with Gasteiger partial charge in [0.05, 0.1) is 10.9 Å². The fraction of sp³-hybridized carbons (Fsp3) is 0.333. The molecule has 1 saturated heterocycles. The van der Waals surface area contributed by atoms with Crippen LogP contribution in [0.2, 0.25) is 4.34 Å². The zero-order valence-electron chi connectivity index (χ0n) is 7.81. The Morgan fingerprint density at radius 3 is 3.13 bits per heavy atom. The number of thioether (sulfide) groups is 1. The molecule has 1 aliphatic heterocycles. The van der Waals surface area contributed by atoms with Crippen LogP contribution in [0.15, 0.2) is 17.1 Å². The van der Waals surface area contributed by atoms with E-state index >= 15 is 0 Å². The fourth-order valence-corrected chi connectivity index (χ4v) is 3.39. The van der Waals surface area contributed by atoms with Crippen molar-refractivity contribution in [1.29, 1.82) is 5.26 Å². The molecule has 0 saturated carbocycles. The summed E-state index contributed by atoms with van der Waals surface area (Å²) in [6, 6.07) is 3.91. The highest BCUT2D eigenvalue weighted by molar-refractivity contribution is 8.14. The average Bonchev–Trinajstić information content (AvgIpc) is 2.78. The predicted molar refractivity (Wildman–Crippen MR) is 65.2 cm³/mol. The number of hydrogen-bond acceptors (Lipinski definition) is 4. The standard InChI is InChI=1S/C9H8ClN3S2/c10-8-2-1-7(15-8)5-13-3-4-14-9(13)12-6-11/h1-2H,3-5H2/b12-9-. The van der Waals surface area contributed by atoms with Crippen LogP contribution < -0.4 is 0 Å². The number of halogens is 1. The minimum absolute atomic E-state index is 0.797. The summed E-state index contributed by atoms with van der Waals surface area (Å²) in [5.74, 6) is 1.000. The molecule has 0 bridgehead atoms. The summed E-state index contributed by atoms with van der Waals surface area (Å²) >= 11 is 9.05. The summed E-state index contributed by atoms with van der Waals surface area (Å²) in [4.78, 5) is 7.10. The molecule has 1 aromatic heterocycles. The van der Waals surface area contributed by atoms with Crippen molar-refractivity contribution in [3.05, 3.63) is 21.3 Å². The zero-order chi connectivity index (χ0) is 10.7. The topological polar surface area (TPSA) is 39.4 Å². The summed E-state index contributed by atoms with van der Waals surface area (Å²) in [6.07, 6.45) is 1.83. The molecule has 0 N–H and O–H groups in total. The van der Waals surface area contributed by atoms with Crippen LogP contribution in [0.4, 0.5) is 0 Å². The summed E-state index contributed by atoms with van der Waals surface area (Å²) in [5, 5.41) is 9.34. The number of nitriles is 1. The normalized spacial score (nSPS) is 18.4. The third-order valence-electron chi connectivity index (χ3n) is 1.98. The van der Waals surface area contributed by atoms with Gasteiger partial charge >= 0.3 is 0 Å². The van der Waals surface area contributed by atoms with E-state index in [2.05, 4.69) is 9.89 Å². The molecule has 0 spiro atoms. The van der Waals surface area contributed by atoms with Crippen LogP contribution in [0.5, 0.6) is 0 Å². The number of thiophene rings is 1. The van der Waals surface area contributed by atoms with Crippen LogP contribution in [0.25, 0.3) is 0 Å². The molecule has 1 fully saturated rings. The summed E-state index contributed by atoms with van der Waals surface area (Å²) < 4.78 is 0.802. The Morgan fingerprint density at radius 2 is 2.47 bits per heavy atom. The smallest absolute Gasteiger partial charge is 0.208 e. The lowest BCUT2D eigenvalue weighted by atomic mass is 10.4. The highest BCUT2D eigenvalue weighted by Crippen LogP contribution is 2.26. The maximum absolute atomic E-state index is 8.52. The molecule has 0 aliphatic carbocycles. The van der Waals surface area contributed by atoms with Gasteiger partial charge in [0.1, 0.15) is 0 Å². The van der Waals surface area contributed by atoms with Gasteiger partial charge in [-0.25, -0.2) is 0 Å². The first-order chi connectivity index (χ1) is 7.29. The summed E-state index contributed by atoms with van der Waals surface area (Å²) in [5.41, 5.74) is 0. The fourth-order valence-electron chi connectivity index (χ4n) is 1.35. The molecule has 78 valence electrons. The first kappa shape index (κ1) is 10.8. The Morgan fingerprint density at radius 1 is 1.60 bits per heavy atom. The lowest BCUT2D eigenvalue weighted by molar-refractivity contribution is 0.461. The van der Waals surface area contributed by atoms with Gasteiger partial charge in [0.15, 0.2) is 5.17 Å². The van der Waals surface area contributed by atoms with E-state index in [1.54, 1.807) is 23.1 Å². The molecule has 1 aliphatic rings. The van der Waals surface area contributed by atoms with E-state index in [0.717, 1.165) is 28.3 Å². The zero-order valence-corrected chi connectivity index (χ0v) is 10.2. The van der Waals surface area contributed by atoms with Crippen molar-refractivity contribution in [2.24, 2.45) is 4.99 Å². The summed E-state index contributed by atoms with van der Waals surface area (Å²) in [7, 11) is 0. The molecule has 0 aromatic carbocycles. The Labute approximate surface area is 101 Å². The number of hydrogen-bond donors (Lipinski definition) is 0. The van der Waals surface area contributed by atoms with Crippen LogP contribution in [0.3, 0.4) is 0 Å². The first-order valence-corrected chi connectivity index (χ1v) is 6.56. The van der Waals surface area contributed by atoms with E-state index < -0.39 is 0 Å². The third kappa shape index (κ3) is 2.65. The van der Waals surface area contributed by atoms with Crippen molar-refractivity contribution in [2.75, 3.05) is 12.3 Å².